The van der Waals surface area contributed by atoms with Crippen LogP contribution in [0.15, 0.2) is 35.7 Å². The van der Waals surface area contributed by atoms with Crippen molar-refractivity contribution in [2.24, 2.45) is 0 Å². The summed E-state index contributed by atoms with van der Waals surface area (Å²) in [6.07, 6.45) is 2.67. The number of ether oxygens (including phenoxy) is 1. The molecule has 2 heterocycles. The Balaban J connectivity index is 1.55. The summed E-state index contributed by atoms with van der Waals surface area (Å²) in [4.78, 5) is 4.05. The molecule has 1 aromatic carbocycles. The molecule has 0 spiro atoms. The molecule has 4 rings (SSSR count). The Kier molecular flexibility index (Phi) is 3.57. The minimum absolute atomic E-state index is 0.750. The summed E-state index contributed by atoms with van der Waals surface area (Å²) in [5.41, 5.74) is 2.45. The minimum atomic E-state index is 0.750. The van der Waals surface area contributed by atoms with E-state index in [0.717, 1.165) is 43.7 Å². The van der Waals surface area contributed by atoms with Crippen LogP contribution >= 0.6 is 11.3 Å². The average molecular weight is 300 g/mol. The van der Waals surface area contributed by atoms with Crippen LogP contribution in [0.5, 0.6) is 5.75 Å². The second-order valence-corrected chi connectivity index (χ2v) is 6.82. The average Bonchev–Trinajstić information content (AvgIpc) is 3.25. The topological polar surface area (TPSA) is 24.5 Å². The van der Waals surface area contributed by atoms with Crippen molar-refractivity contribution in [1.29, 1.82) is 0 Å². The summed E-state index contributed by atoms with van der Waals surface area (Å²) >= 11 is 1.85. The number of rotatable bonds is 5. The Morgan fingerprint density at radius 1 is 1.19 bits per heavy atom. The Bertz CT molecular complexity index is 607. The van der Waals surface area contributed by atoms with E-state index in [1.54, 1.807) is 0 Å². The maximum Gasteiger partial charge on any atom is 0.146 e. The normalized spacial score (nSPS) is 17.2. The summed E-state index contributed by atoms with van der Waals surface area (Å²) in [7, 11) is 0. The molecule has 1 N–H and O–H groups in total. The van der Waals surface area contributed by atoms with E-state index in [0.29, 0.717) is 0 Å². The van der Waals surface area contributed by atoms with Crippen LogP contribution < -0.4 is 10.1 Å². The number of nitrogens with zero attached hydrogens (tertiary/aromatic N) is 1. The highest BCUT2D eigenvalue weighted by molar-refractivity contribution is 7.09. The van der Waals surface area contributed by atoms with Crippen molar-refractivity contribution in [3.8, 4) is 5.75 Å². The van der Waals surface area contributed by atoms with Crippen LogP contribution in [0.4, 0.5) is 5.69 Å². The molecule has 1 saturated carbocycles. The molecule has 1 fully saturated rings. The summed E-state index contributed by atoms with van der Waals surface area (Å²) in [6.45, 7) is 3.70. The van der Waals surface area contributed by atoms with Crippen molar-refractivity contribution in [3.05, 3.63) is 46.2 Å². The first kappa shape index (κ1) is 13.2. The molecular formula is C17H20N2OS. The Labute approximate surface area is 129 Å². The molecule has 110 valence electrons. The van der Waals surface area contributed by atoms with Gasteiger partial charge in [-0.1, -0.05) is 18.2 Å². The lowest BCUT2D eigenvalue weighted by atomic mass is 10.1. The monoisotopic (exact) mass is 300 g/mol. The van der Waals surface area contributed by atoms with E-state index in [9.17, 15) is 0 Å². The van der Waals surface area contributed by atoms with Crippen molar-refractivity contribution in [1.82, 2.24) is 4.90 Å². The third-order valence-electron chi connectivity index (χ3n) is 4.14. The zero-order valence-corrected chi connectivity index (χ0v) is 12.9. The van der Waals surface area contributed by atoms with Gasteiger partial charge in [0.05, 0.1) is 5.69 Å². The predicted molar refractivity (Wildman–Crippen MR) is 87.0 cm³/mol. The van der Waals surface area contributed by atoms with Crippen molar-refractivity contribution in [3.63, 3.8) is 0 Å². The van der Waals surface area contributed by atoms with Crippen LogP contribution in [0.2, 0.25) is 0 Å². The zero-order chi connectivity index (χ0) is 14.1. The molecule has 1 aliphatic carbocycles. The van der Waals surface area contributed by atoms with Gasteiger partial charge in [0.15, 0.2) is 0 Å². The van der Waals surface area contributed by atoms with E-state index in [-0.39, 0.29) is 0 Å². The number of hydrogen-bond donors (Lipinski definition) is 1. The highest BCUT2D eigenvalue weighted by atomic mass is 32.1. The van der Waals surface area contributed by atoms with Crippen LogP contribution in [0, 0.1) is 0 Å². The standard InChI is InChI=1S/C17H20N2OS/c1-3-13(17-16(5-1)18-8-9-20-17)11-19(14-6-7-14)12-15-4-2-10-21-15/h1-5,10,14,18H,6-9,11-12H2. The van der Waals surface area contributed by atoms with E-state index >= 15 is 0 Å². The summed E-state index contributed by atoms with van der Waals surface area (Å²) in [5.74, 6) is 1.06. The van der Waals surface area contributed by atoms with Gasteiger partial charge < -0.3 is 10.1 Å². The van der Waals surface area contributed by atoms with Gasteiger partial charge in [0, 0.05) is 36.1 Å². The Hall–Kier alpha value is -1.52. The molecule has 1 aliphatic heterocycles. The second kappa shape index (κ2) is 5.70. The lowest BCUT2D eigenvalue weighted by Gasteiger charge is -2.26. The fourth-order valence-electron chi connectivity index (χ4n) is 2.93. The van der Waals surface area contributed by atoms with Crippen molar-refractivity contribution in [2.75, 3.05) is 18.5 Å². The fraction of sp³-hybridized carbons (Fsp3) is 0.412. The highest BCUT2D eigenvalue weighted by Gasteiger charge is 2.30. The van der Waals surface area contributed by atoms with Crippen LogP contribution in [0.1, 0.15) is 23.3 Å². The number of benzene rings is 1. The van der Waals surface area contributed by atoms with Crippen LogP contribution in [0.25, 0.3) is 0 Å². The molecular weight excluding hydrogens is 280 g/mol. The summed E-state index contributed by atoms with van der Waals surface area (Å²) < 4.78 is 5.90. The van der Waals surface area contributed by atoms with Gasteiger partial charge >= 0.3 is 0 Å². The molecule has 0 atom stereocenters. The van der Waals surface area contributed by atoms with Gasteiger partial charge in [-0.25, -0.2) is 0 Å². The van der Waals surface area contributed by atoms with Crippen LogP contribution in [-0.4, -0.2) is 24.1 Å². The van der Waals surface area contributed by atoms with Crippen molar-refractivity contribution >= 4 is 17.0 Å². The van der Waals surface area contributed by atoms with E-state index in [1.165, 1.54) is 23.3 Å². The Morgan fingerprint density at radius 3 is 2.95 bits per heavy atom. The molecule has 2 aromatic rings. The van der Waals surface area contributed by atoms with E-state index in [1.807, 2.05) is 11.3 Å². The SMILES string of the molecule is c1csc(CN(Cc2cccc3c2OCCN3)C2CC2)c1. The molecule has 0 bridgehead atoms. The number of anilines is 1. The van der Waals surface area contributed by atoms with Crippen molar-refractivity contribution < 1.29 is 4.74 Å². The van der Waals surface area contributed by atoms with Gasteiger partial charge in [-0.3, -0.25) is 4.90 Å². The third-order valence-corrected chi connectivity index (χ3v) is 5.00. The van der Waals surface area contributed by atoms with Gasteiger partial charge in [0.2, 0.25) is 0 Å². The quantitative estimate of drug-likeness (QED) is 0.911. The molecule has 0 radical (unpaired) electrons. The molecule has 21 heavy (non-hydrogen) atoms. The largest absolute Gasteiger partial charge is 0.489 e. The van der Waals surface area contributed by atoms with Gasteiger partial charge in [-0.05, 0) is 30.4 Å². The zero-order valence-electron chi connectivity index (χ0n) is 12.0. The molecule has 4 heteroatoms. The van der Waals surface area contributed by atoms with Crippen LogP contribution in [0.3, 0.4) is 0 Å². The number of para-hydroxylation sites is 1. The minimum Gasteiger partial charge on any atom is -0.489 e. The number of nitrogens with one attached hydrogen (secondary N) is 1. The molecule has 1 aromatic heterocycles. The van der Waals surface area contributed by atoms with Gasteiger partial charge in [-0.2, -0.15) is 0 Å². The first-order valence-corrected chi connectivity index (χ1v) is 8.53. The Morgan fingerprint density at radius 2 is 2.14 bits per heavy atom. The van der Waals surface area contributed by atoms with Gasteiger partial charge in [0.25, 0.3) is 0 Å². The van der Waals surface area contributed by atoms with Crippen molar-refractivity contribution in [2.45, 2.75) is 32.0 Å². The summed E-state index contributed by atoms with van der Waals surface area (Å²) in [6, 6.07) is 11.6. The lowest BCUT2D eigenvalue weighted by Crippen LogP contribution is -2.26. The molecule has 2 aliphatic rings. The second-order valence-electron chi connectivity index (χ2n) is 5.78. The fourth-order valence-corrected chi connectivity index (χ4v) is 3.66. The number of hydrogen-bond acceptors (Lipinski definition) is 4. The van der Waals surface area contributed by atoms with E-state index < -0.39 is 0 Å². The molecule has 0 saturated heterocycles. The van der Waals surface area contributed by atoms with E-state index in [2.05, 4.69) is 45.9 Å². The maximum absolute atomic E-state index is 5.90. The predicted octanol–water partition coefficient (Wildman–Crippen LogP) is 3.72. The van der Waals surface area contributed by atoms with Crippen LogP contribution in [-0.2, 0) is 13.1 Å². The number of thiophene rings is 1. The first-order valence-electron chi connectivity index (χ1n) is 7.65. The molecule has 0 amide bonds. The first-order chi connectivity index (χ1) is 10.4. The van der Waals surface area contributed by atoms with E-state index in [4.69, 9.17) is 4.74 Å². The maximum atomic E-state index is 5.90. The van der Waals surface area contributed by atoms with Gasteiger partial charge in [0.1, 0.15) is 12.4 Å². The number of fused-ring (bicyclic) bond motifs is 1. The van der Waals surface area contributed by atoms with Gasteiger partial charge in [-0.15, -0.1) is 11.3 Å². The third kappa shape index (κ3) is 2.92. The molecule has 3 nitrogen and oxygen atoms in total. The lowest BCUT2D eigenvalue weighted by molar-refractivity contribution is 0.240. The summed E-state index contributed by atoms with van der Waals surface area (Å²) in [5, 5.41) is 5.59. The molecule has 0 unspecified atom stereocenters. The smallest absolute Gasteiger partial charge is 0.146 e. The highest BCUT2D eigenvalue weighted by Crippen LogP contribution is 2.36.